The van der Waals surface area contributed by atoms with Crippen LogP contribution in [0.4, 0.5) is 0 Å². The van der Waals surface area contributed by atoms with E-state index in [1.165, 1.54) is 5.56 Å². The molecule has 9 heavy (non-hydrogen) atoms. The van der Waals surface area contributed by atoms with E-state index in [0.717, 1.165) is 0 Å². The van der Waals surface area contributed by atoms with Crippen LogP contribution >= 0.6 is 9.19 Å². The molecule has 0 N–H and O–H groups in total. The molecule has 0 heterocycles. The summed E-state index contributed by atoms with van der Waals surface area (Å²) in [5.74, 6) is 0. The van der Waals surface area contributed by atoms with Crippen LogP contribution in [0.1, 0.15) is 5.56 Å². The molecule has 1 rings (SSSR count). The topological polar surface area (TPSA) is 0 Å². The van der Waals surface area contributed by atoms with Gasteiger partial charge in [-0.3, -0.25) is 0 Å². The molecule has 0 spiro atoms. The van der Waals surface area contributed by atoms with Gasteiger partial charge >= 0.3 is 67.5 Å². The zero-order valence-electron chi connectivity index (χ0n) is 4.79. The van der Waals surface area contributed by atoms with Crippen molar-refractivity contribution in [3.63, 3.8) is 0 Å². The van der Waals surface area contributed by atoms with E-state index in [9.17, 15) is 0 Å². The van der Waals surface area contributed by atoms with Crippen LogP contribution in [-0.2, 0) is 18.2 Å². The minimum absolute atomic E-state index is 0.744. The zero-order valence-corrected chi connectivity index (χ0v) is 8.76. The molecule has 0 aliphatic rings. The number of halogens is 1. The summed E-state index contributed by atoms with van der Waals surface area (Å²) in [7, 11) is 5.66. The first kappa shape index (κ1) is 7.23. The van der Waals surface area contributed by atoms with Crippen molar-refractivity contribution in [3.8, 4) is 0 Å². The Morgan fingerprint density at radius 2 is 1.89 bits per heavy atom. The first-order valence-electron chi connectivity index (χ1n) is 2.63. The molecule has 0 radical (unpaired) electrons. The van der Waals surface area contributed by atoms with Crippen molar-refractivity contribution in [2.75, 3.05) is 0 Å². The minimum atomic E-state index is -0.744. The maximum atomic E-state index is 5.66. The average molecular weight is 307 g/mol. The van der Waals surface area contributed by atoms with Gasteiger partial charge in [0.05, 0.1) is 0 Å². The molecule has 0 aliphatic heterocycles. The van der Waals surface area contributed by atoms with E-state index < -0.39 is 18.2 Å². The van der Waals surface area contributed by atoms with Gasteiger partial charge in [-0.1, -0.05) is 0 Å². The van der Waals surface area contributed by atoms with Gasteiger partial charge in [0.15, 0.2) is 0 Å². The van der Waals surface area contributed by atoms with E-state index in [2.05, 4.69) is 16.4 Å². The molecule has 1 aromatic rings. The molecule has 1 aromatic carbocycles. The summed E-state index contributed by atoms with van der Waals surface area (Å²) in [5, 5.41) is 0. The number of benzene rings is 1. The fourth-order valence-electron chi connectivity index (χ4n) is 0.595. The zero-order chi connectivity index (χ0) is 6.53. The summed E-state index contributed by atoms with van der Waals surface area (Å²) in [4.78, 5) is 0. The molecular formula is C7H6ClTa. The van der Waals surface area contributed by atoms with Crippen LogP contribution in [0.15, 0.2) is 30.3 Å². The van der Waals surface area contributed by atoms with E-state index in [-0.39, 0.29) is 0 Å². The van der Waals surface area contributed by atoms with Gasteiger partial charge in [-0.05, 0) is 0 Å². The second kappa shape index (κ2) is 4.02. The molecule has 0 atom stereocenters. The molecular weight excluding hydrogens is 300 g/mol. The van der Waals surface area contributed by atoms with E-state index >= 15 is 0 Å². The fourth-order valence-corrected chi connectivity index (χ4v) is 2.54. The fraction of sp³-hybridized carbons (Fsp3) is 0. The van der Waals surface area contributed by atoms with Crippen molar-refractivity contribution in [3.05, 3.63) is 35.9 Å². The maximum absolute atomic E-state index is 5.66. The Labute approximate surface area is 67.5 Å². The predicted octanol–water partition coefficient (Wildman–Crippen LogP) is 2.07. The van der Waals surface area contributed by atoms with E-state index in [1.807, 2.05) is 18.2 Å². The van der Waals surface area contributed by atoms with E-state index in [4.69, 9.17) is 9.19 Å². The van der Waals surface area contributed by atoms with E-state index in [0.29, 0.717) is 0 Å². The third kappa shape index (κ3) is 2.46. The molecule has 0 saturated heterocycles. The Hall–Kier alpha value is 0.120. The van der Waals surface area contributed by atoms with Gasteiger partial charge in [0.25, 0.3) is 0 Å². The van der Waals surface area contributed by atoms with Crippen molar-refractivity contribution in [2.45, 2.75) is 0 Å². The first-order valence-corrected chi connectivity index (χ1v) is 8.46. The average Bonchev–Trinajstić information content (AvgIpc) is 1.91. The van der Waals surface area contributed by atoms with Crippen LogP contribution in [0.3, 0.4) is 0 Å². The van der Waals surface area contributed by atoms with Crippen LogP contribution in [0.2, 0.25) is 0 Å². The van der Waals surface area contributed by atoms with Crippen molar-refractivity contribution in [1.82, 2.24) is 0 Å². The molecule has 46 valence electrons. The summed E-state index contributed by atoms with van der Waals surface area (Å²) >= 11 is -0.744. The Morgan fingerprint density at radius 1 is 1.22 bits per heavy atom. The van der Waals surface area contributed by atoms with Gasteiger partial charge in [-0.25, -0.2) is 0 Å². The molecule has 0 saturated carbocycles. The third-order valence-corrected chi connectivity index (χ3v) is 3.22. The van der Waals surface area contributed by atoms with Crippen LogP contribution < -0.4 is 0 Å². The summed E-state index contributed by atoms with van der Waals surface area (Å²) in [6.07, 6.45) is 0. The SMILES string of the molecule is [Cl][Ta]=[CH]c1ccccc1. The van der Waals surface area contributed by atoms with Crippen molar-refractivity contribution in [2.24, 2.45) is 0 Å². The molecule has 0 unspecified atom stereocenters. The van der Waals surface area contributed by atoms with Gasteiger partial charge in [0.1, 0.15) is 0 Å². The third-order valence-electron chi connectivity index (χ3n) is 0.997. The summed E-state index contributed by atoms with van der Waals surface area (Å²) in [6.45, 7) is 0. The van der Waals surface area contributed by atoms with Crippen molar-refractivity contribution < 1.29 is 18.2 Å². The van der Waals surface area contributed by atoms with Crippen molar-refractivity contribution in [1.29, 1.82) is 0 Å². The standard InChI is InChI=1S/C7H6.ClH.Ta/c1-7-5-3-2-4-6-7;;/h1-6H;1H;/q;;+1/p-1. The van der Waals surface area contributed by atoms with Gasteiger partial charge in [0.2, 0.25) is 0 Å². The molecule has 0 amide bonds. The summed E-state index contributed by atoms with van der Waals surface area (Å²) in [6, 6.07) is 10.2. The number of hydrogen-bond donors (Lipinski definition) is 0. The van der Waals surface area contributed by atoms with Crippen LogP contribution in [0, 0.1) is 0 Å². The predicted molar refractivity (Wildman–Crippen MR) is 37.5 cm³/mol. The Balaban J connectivity index is 2.85. The molecule has 0 nitrogen and oxygen atoms in total. The quantitative estimate of drug-likeness (QED) is 0.745. The molecule has 0 bridgehead atoms. The molecule has 0 aromatic heterocycles. The Morgan fingerprint density at radius 3 is 2.44 bits per heavy atom. The van der Waals surface area contributed by atoms with Gasteiger partial charge in [-0.2, -0.15) is 0 Å². The second-order valence-corrected chi connectivity index (χ2v) is 4.86. The van der Waals surface area contributed by atoms with Gasteiger partial charge < -0.3 is 0 Å². The Kier molecular flexibility index (Phi) is 3.23. The van der Waals surface area contributed by atoms with Crippen LogP contribution in [-0.4, -0.2) is 4.23 Å². The van der Waals surface area contributed by atoms with Crippen LogP contribution in [0.25, 0.3) is 0 Å². The van der Waals surface area contributed by atoms with Crippen LogP contribution in [0.5, 0.6) is 0 Å². The Bertz CT molecular complexity index is 193. The van der Waals surface area contributed by atoms with Gasteiger partial charge in [-0.15, -0.1) is 0 Å². The second-order valence-electron chi connectivity index (χ2n) is 1.64. The first-order chi connectivity index (χ1) is 4.43. The normalized spacial score (nSPS) is 10.3. The van der Waals surface area contributed by atoms with Crippen molar-refractivity contribution >= 4 is 13.4 Å². The number of rotatable bonds is 1. The van der Waals surface area contributed by atoms with Gasteiger partial charge in [0, 0.05) is 0 Å². The summed E-state index contributed by atoms with van der Waals surface area (Å²) < 4.78 is 2.15. The molecule has 0 fully saturated rings. The monoisotopic (exact) mass is 306 g/mol. The summed E-state index contributed by atoms with van der Waals surface area (Å²) in [5.41, 5.74) is 1.27. The molecule has 0 aliphatic carbocycles. The number of hydrogen-bond acceptors (Lipinski definition) is 0. The van der Waals surface area contributed by atoms with E-state index in [1.54, 1.807) is 0 Å². The molecule has 2 heteroatoms.